The zero-order chi connectivity index (χ0) is 19.8. The van der Waals surface area contributed by atoms with Crippen molar-refractivity contribution >= 4 is 17.8 Å². The zero-order valence-electron chi connectivity index (χ0n) is 15.3. The predicted molar refractivity (Wildman–Crippen MR) is 97.5 cm³/mol. The molecule has 0 saturated carbocycles. The molecule has 10 heteroatoms. The molecule has 0 radical (unpaired) electrons. The van der Waals surface area contributed by atoms with Crippen LogP contribution in [0.25, 0.3) is 0 Å². The number of imidazole rings is 1. The maximum Gasteiger partial charge on any atom is 0.326 e. The largest absolute Gasteiger partial charge is 0.480 e. The van der Waals surface area contributed by atoms with Gasteiger partial charge in [-0.15, -0.1) is 0 Å². The molecule has 1 aromatic heterocycles. The number of hydrogen-bond acceptors (Lipinski definition) is 6. The molecule has 150 valence electrons. The van der Waals surface area contributed by atoms with Gasteiger partial charge < -0.3 is 31.8 Å². The van der Waals surface area contributed by atoms with E-state index in [4.69, 9.17) is 11.5 Å². The van der Waals surface area contributed by atoms with Crippen molar-refractivity contribution in [3.05, 3.63) is 18.2 Å². The number of carbonyl (C=O) groups is 3. The lowest BCUT2D eigenvalue weighted by atomic mass is 10.1. The molecular weight excluding hydrogens is 352 g/mol. The van der Waals surface area contributed by atoms with Gasteiger partial charge in [-0.3, -0.25) is 9.59 Å². The van der Waals surface area contributed by atoms with E-state index < -0.39 is 35.9 Å². The van der Waals surface area contributed by atoms with E-state index in [0.29, 0.717) is 38.0 Å². The quantitative estimate of drug-likeness (QED) is 0.323. The van der Waals surface area contributed by atoms with Crippen molar-refractivity contribution in [1.29, 1.82) is 0 Å². The van der Waals surface area contributed by atoms with E-state index in [9.17, 15) is 19.5 Å². The highest BCUT2D eigenvalue weighted by Gasteiger charge is 2.38. The molecule has 0 aliphatic carbocycles. The molecule has 1 saturated heterocycles. The number of amides is 2. The molecule has 0 bridgehead atoms. The third-order valence-electron chi connectivity index (χ3n) is 4.72. The maximum atomic E-state index is 13.0. The van der Waals surface area contributed by atoms with E-state index in [-0.39, 0.29) is 6.42 Å². The number of H-pyrrole nitrogens is 1. The van der Waals surface area contributed by atoms with Crippen LogP contribution < -0.4 is 16.8 Å². The lowest BCUT2D eigenvalue weighted by Gasteiger charge is -2.28. The number of rotatable bonds is 10. The van der Waals surface area contributed by atoms with Gasteiger partial charge in [0.1, 0.15) is 12.1 Å². The number of carboxylic acid groups (broad SMARTS) is 1. The molecule has 3 atom stereocenters. The van der Waals surface area contributed by atoms with Crippen LogP contribution in [0.15, 0.2) is 12.5 Å². The molecule has 0 aromatic carbocycles. The number of carboxylic acids is 1. The van der Waals surface area contributed by atoms with Gasteiger partial charge in [-0.25, -0.2) is 9.78 Å². The lowest BCUT2D eigenvalue weighted by Crippen LogP contribution is -2.55. The molecule has 2 heterocycles. The number of likely N-dealkylation sites (tertiary alicyclic amines) is 1. The van der Waals surface area contributed by atoms with Gasteiger partial charge in [0.25, 0.3) is 0 Å². The Labute approximate surface area is 157 Å². The Morgan fingerprint density at radius 3 is 2.81 bits per heavy atom. The molecule has 1 aromatic rings. The van der Waals surface area contributed by atoms with E-state index in [1.54, 1.807) is 6.20 Å². The average Bonchev–Trinajstić information content (AvgIpc) is 3.32. The number of unbranched alkanes of at least 4 members (excludes halogenated alkanes) is 1. The van der Waals surface area contributed by atoms with Crippen molar-refractivity contribution in [3.63, 3.8) is 0 Å². The Morgan fingerprint density at radius 2 is 2.19 bits per heavy atom. The molecule has 10 nitrogen and oxygen atoms in total. The summed E-state index contributed by atoms with van der Waals surface area (Å²) in [5.74, 6) is -1.89. The normalized spacial score (nSPS) is 18.9. The van der Waals surface area contributed by atoms with Crippen molar-refractivity contribution in [3.8, 4) is 0 Å². The molecule has 2 amide bonds. The van der Waals surface area contributed by atoms with Gasteiger partial charge >= 0.3 is 5.97 Å². The summed E-state index contributed by atoms with van der Waals surface area (Å²) in [5, 5.41) is 12.0. The minimum atomic E-state index is -1.04. The molecule has 2 rings (SSSR count). The number of aliphatic carboxylic acids is 1. The lowest BCUT2D eigenvalue weighted by molar-refractivity contribution is -0.149. The van der Waals surface area contributed by atoms with Crippen LogP contribution in [0.4, 0.5) is 0 Å². The van der Waals surface area contributed by atoms with Crippen LogP contribution in [0.5, 0.6) is 0 Å². The number of carbonyl (C=O) groups excluding carboxylic acids is 2. The van der Waals surface area contributed by atoms with Crippen molar-refractivity contribution in [2.24, 2.45) is 11.5 Å². The highest BCUT2D eigenvalue weighted by Crippen LogP contribution is 2.19. The van der Waals surface area contributed by atoms with E-state index >= 15 is 0 Å². The molecule has 1 aliphatic rings. The van der Waals surface area contributed by atoms with Crippen molar-refractivity contribution in [1.82, 2.24) is 20.2 Å². The van der Waals surface area contributed by atoms with Crippen LogP contribution in [0.2, 0.25) is 0 Å². The molecule has 0 unspecified atom stereocenters. The number of aromatic nitrogens is 2. The van der Waals surface area contributed by atoms with Gasteiger partial charge in [0.05, 0.1) is 12.4 Å². The van der Waals surface area contributed by atoms with Crippen molar-refractivity contribution in [2.75, 3.05) is 13.1 Å². The summed E-state index contributed by atoms with van der Waals surface area (Å²) in [5.41, 5.74) is 12.0. The van der Waals surface area contributed by atoms with Crippen molar-refractivity contribution < 1.29 is 19.5 Å². The second-order valence-electron chi connectivity index (χ2n) is 6.76. The molecule has 27 heavy (non-hydrogen) atoms. The Balaban J connectivity index is 2.07. The second kappa shape index (κ2) is 10.0. The second-order valence-corrected chi connectivity index (χ2v) is 6.76. The fourth-order valence-electron chi connectivity index (χ4n) is 3.22. The van der Waals surface area contributed by atoms with Crippen LogP contribution in [0.1, 0.15) is 37.8 Å². The summed E-state index contributed by atoms with van der Waals surface area (Å²) in [6, 6.07) is -2.52. The Kier molecular flexibility index (Phi) is 7.74. The summed E-state index contributed by atoms with van der Waals surface area (Å²) < 4.78 is 0. The fraction of sp³-hybridized carbons (Fsp3) is 0.647. The van der Waals surface area contributed by atoms with E-state index in [2.05, 4.69) is 15.3 Å². The zero-order valence-corrected chi connectivity index (χ0v) is 15.3. The number of hydrogen-bond donors (Lipinski definition) is 5. The van der Waals surface area contributed by atoms with Crippen molar-refractivity contribution in [2.45, 2.75) is 56.7 Å². The first-order chi connectivity index (χ1) is 12.9. The monoisotopic (exact) mass is 380 g/mol. The highest BCUT2D eigenvalue weighted by molar-refractivity contribution is 5.92. The van der Waals surface area contributed by atoms with E-state index in [1.807, 2.05) is 0 Å². The predicted octanol–water partition coefficient (Wildman–Crippen LogP) is -1.03. The standard InChI is InChI=1S/C17H28N6O4/c18-6-2-1-4-12(19)15(24)22-13(8-11-9-20-10-21-11)16(25)23-7-3-5-14(23)17(26)27/h9-10,12-14H,1-8,18-19H2,(H,20,21)(H,22,24)(H,26,27)/t12-,13-,14+/m0/s1. The maximum absolute atomic E-state index is 13.0. The summed E-state index contributed by atoms with van der Waals surface area (Å²) in [4.78, 5) is 44.9. The first-order valence-corrected chi connectivity index (χ1v) is 9.20. The van der Waals surface area contributed by atoms with Crippen LogP contribution in [-0.4, -0.2) is 69.0 Å². The third kappa shape index (κ3) is 5.76. The summed E-state index contributed by atoms with van der Waals surface area (Å²) in [6.45, 7) is 0.883. The van der Waals surface area contributed by atoms with Crippen LogP contribution in [0.3, 0.4) is 0 Å². The summed E-state index contributed by atoms with van der Waals surface area (Å²) >= 11 is 0. The first kappa shape index (κ1) is 20.8. The van der Waals surface area contributed by atoms with Gasteiger partial charge in [-0.05, 0) is 32.2 Å². The Hall–Kier alpha value is -2.46. The number of nitrogens with one attached hydrogen (secondary N) is 2. The number of nitrogens with zero attached hydrogens (tertiary/aromatic N) is 2. The first-order valence-electron chi connectivity index (χ1n) is 9.20. The minimum absolute atomic E-state index is 0.183. The highest BCUT2D eigenvalue weighted by atomic mass is 16.4. The SMILES string of the molecule is NCCCC[C@H](N)C(=O)N[C@@H](Cc1cnc[nH]1)C(=O)N1CCC[C@@H]1C(=O)O. The molecule has 7 N–H and O–H groups in total. The average molecular weight is 380 g/mol. The van der Waals surface area contributed by atoms with Crippen LogP contribution >= 0.6 is 0 Å². The third-order valence-corrected chi connectivity index (χ3v) is 4.72. The topological polar surface area (TPSA) is 167 Å². The molecule has 1 fully saturated rings. The molecule has 1 aliphatic heterocycles. The van der Waals surface area contributed by atoms with E-state index in [1.165, 1.54) is 11.2 Å². The van der Waals surface area contributed by atoms with Gasteiger partial charge in [0.2, 0.25) is 11.8 Å². The number of nitrogens with two attached hydrogens (primary N) is 2. The Bertz CT molecular complexity index is 635. The van der Waals surface area contributed by atoms with Crippen LogP contribution in [0, 0.1) is 0 Å². The van der Waals surface area contributed by atoms with Gasteiger partial charge in [0, 0.05) is 24.9 Å². The summed E-state index contributed by atoms with van der Waals surface area (Å²) in [7, 11) is 0. The Morgan fingerprint density at radius 1 is 1.41 bits per heavy atom. The minimum Gasteiger partial charge on any atom is -0.480 e. The van der Waals surface area contributed by atoms with Gasteiger partial charge in [0.15, 0.2) is 0 Å². The number of aromatic amines is 1. The van der Waals surface area contributed by atoms with Crippen LogP contribution in [-0.2, 0) is 20.8 Å². The molecule has 0 spiro atoms. The molecular formula is C17H28N6O4. The van der Waals surface area contributed by atoms with Gasteiger partial charge in [-0.2, -0.15) is 0 Å². The van der Waals surface area contributed by atoms with E-state index in [0.717, 1.165) is 12.8 Å². The summed E-state index contributed by atoms with van der Waals surface area (Å²) in [6.07, 6.45) is 6.21. The fourth-order valence-corrected chi connectivity index (χ4v) is 3.22. The smallest absolute Gasteiger partial charge is 0.326 e. The van der Waals surface area contributed by atoms with Gasteiger partial charge in [-0.1, -0.05) is 6.42 Å².